The number of esters is 1. The number of Topliss-reactive ketones (excluding diaryl/α,β-unsaturated/α-hetero) is 1. The highest BCUT2D eigenvalue weighted by Gasteiger charge is 2.29. The van der Waals surface area contributed by atoms with Crippen molar-refractivity contribution >= 4 is 17.3 Å². The molecule has 0 atom stereocenters. The predicted octanol–water partition coefficient (Wildman–Crippen LogP) is 4.88. The van der Waals surface area contributed by atoms with Crippen LogP contribution in [0.3, 0.4) is 0 Å². The maximum absolute atomic E-state index is 13.1. The topological polar surface area (TPSA) is 43.4 Å². The Morgan fingerprint density at radius 2 is 1.80 bits per heavy atom. The van der Waals surface area contributed by atoms with Gasteiger partial charge in [0, 0.05) is 12.0 Å². The van der Waals surface area contributed by atoms with Crippen molar-refractivity contribution in [2.45, 2.75) is 64.7 Å². The van der Waals surface area contributed by atoms with E-state index >= 15 is 0 Å². The van der Waals surface area contributed by atoms with Gasteiger partial charge in [-0.05, 0) is 49.7 Å². The van der Waals surface area contributed by atoms with Crippen LogP contribution in [0.15, 0.2) is 29.8 Å². The first kappa shape index (κ1) is 17.9. The number of ketones is 1. The molecule has 0 aromatic heterocycles. The zero-order valence-electron chi connectivity index (χ0n) is 15.2. The molecule has 0 heterocycles. The number of hydrogen-bond donors (Lipinski definition) is 0. The van der Waals surface area contributed by atoms with E-state index in [1.165, 1.54) is 43.2 Å². The van der Waals surface area contributed by atoms with Crippen molar-refractivity contribution in [3.8, 4) is 0 Å². The lowest BCUT2D eigenvalue weighted by molar-refractivity contribution is -0.144. The van der Waals surface area contributed by atoms with Crippen LogP contribution < -0.4 is 0 Å². The molecule has 2 aliphatic rings. The van der Waals surface area contributed by atoms with Crippen molar-refractivity contribution < 1.29 is 14.3 Å². The molecule has 0 aliphatic heterocycles. The maximum Gasteiger partial charge on any atom is 0.306 e. The van der Waals surface area contributed by atoms with E-state index in [1.807, 2.05) is 12.1 Å². The Morgan fingerprint density at radius 3 is 2.56 bits per heavy atom. The predicted molar refractivity (Wildman–Crippen MR) is 99.1 cm³/mol. The minimum Gasteiger partial charge on any atom is -0.466 e. The van der Waals surface area contributed by atoms with E-state index in [0.29, 0.717) is 12.5 Å². The molecule has 1 aromatic rings. The summed E-state index contributed by atoms with van der Waals surface area (Å²) >= 11 is 0. The normalized spacial score (nSPS) is 18.0. The van der Waals surface area contributed by atoms with Crippen LogP contribution in [0.25, 0.3) is 5.57 Å². The van der Waals surface area contributed by atoms with E-state index in [2.05, 4.69) is 12.1 Å². The van der Waals surface area contributed by atoms with Gasteiger partial charge in [-0.25, -0.2) is 0 Å². The molecule has 3 nitrogen and oxygen atoms in total. The molecule has 3 rings (SSSR count). The lowest BCUT2D eigenvalue weighted by atomic mass is 9.73. The number of carbonyl (C=O) groups is 2. The average Bonchev–Trinajstić information content (AvgIpc) is 2.66. The molecule has 3 heteroatoms. The van der Waals surface area contributed by atoms with Crippen LogP contribution in [0, 0.1) is 5.92 Å². The summed E-state index contributed by atoms with van der Waals surface area (Å²) < 4.78 is 4.99. The van der Waals surface area contributed by atoms with Crippen molar-refractivity contribution in [1.82, 2.24) is 0 Å². The molecule has 25 heavy (non-hydrogen) atoms. The molecule has 1 saturated carbocycles. The van der Waals surface area contributed by atoms with Crippen LogP contribution >= 0.6 is 0 Å². The lowest BCUT2D eigenvalue weighted by Crippen LogP contribution is -2.20. The Bertz CT molecular complexity index is 666. The second-order valence-electron chi connectivity index (χ2n) is 7.12. The van der Waals surface area contributed by atoms with Gasteiger partial charge in [-0.2, -0.15) is 0 Å². The van der Waals surface area contributed by atoms with Gasteiger partial charge in [-0.1, -0.05) is 49.1 Å². The quantitative estimate of drug-likeness (QED) is 0.693. The molecular formula is C22H28O3. The number of fused-ring (bicyclic) bond motifs is 1. The molecule has 0 amide bonds. The molecule has 0 unspecified atom stereocenters. The summed E-state index contributed by atoms with van der Waals surface area (Å²) in [6.45, 7) is 2.16. The van der Waals surface area contributed by atoms with Gasteiger partial charge in [-0.3, -0.25) is 9.59 Å². The molecular weight excluding hydrogens is 312 g/mol. The summed E-state index contributed by atoms with van der Waals surface area (Å²) in [7, 11) is 0. The van der Waals surface area contributed by atoms with Crippen molar-refractivity contribution in [1.29, 1.82) is 0 Å². The molecule has 1 fully saturated rings. The lowest BCUT2D eigenvalue weighted by Gasteiger charge is -2.31. The number of hydrogen-bond acceptors (Lipinski definition) is 3. The van der Waals surface area contributed by atoms with Gasteiger partial charge >= 0.3 is 5.97 Å². The first-order chi connectivity index (χ1) is 12.2. The fraction of sp³-hybridized carbons (Fsp3) is 0.545. The summed E-state index contributed by atoms with van der Waals surface area (Å²) in [5.74, 6) is 0.379. The van der Waals surface area contributed by atoms with Crippen molar-refractivity contribution in [2.75, 3.05) is 6.61 Å². The van der Waals surface area contributed by atoms with Crippen LogP contribution in [0.1, 0.15) is 69.4 Å². The SMILES string of the molecule is CCOC(=O)CCC(=O)C1=C(C2CCCCC2)CCc2ccccc21. The van der Waals surface area contributed by atoms with Crippen molar-refractivity contribution in [2.24, 2.45) is 5.92 Å². The number of rotatable bonds is 6. The number of ether oxygens (including phenoxy) is 1. The molecule has 0 spiro atoms. The molecule has 134 valence electrons. The Hall–Kier alpha value is -1.90. The highest BCUT2D eigenvalue weighted by atomic mass is 16.5. The molecule has 2 aliphatic carbocycles. The van der Waals surface area contributed by atoms with E-state index in [1.54, 1.807) is 6.92 Å². The minimum absolute atomic E-state index is 0.112. The molecule has 0 saturated heterocycles. The van der Waals surface area contributed by atoms with Crippen LogP contribution in [0.2, 0.25) is 0 Å². The van der Waals surface area contributed by atoms with Gasteiger partial charge in [-0.15, -0.1) is 0 Å². The Kier molecular flexibility index (Phi) is 6.06. The summed E-state index contributed by atoms with van der Waals surface area (Å²) in [5.41, 5.74) is 4.63. The number of carbonyl (C=O) groups excluding carboxylic acids is 2. The zero-order chi connectivity index (χ0) is 17.6. The van der Waals surface area contributed by atoms with Crippen LogP contribution in [0.5, 0.6) is 0 Å². The zero-order valence-corrected chi connectivity index (χ0v) is 15.2. The van der Waals surface area contributed by atoms with Gasteiger partial charge < -0.3 is 4.74 Å². The van der Waals surface area contributed by atoms with E-state index < -0.39 is 0 Å². The van der Waals surface area contributed by atoms with E-state index in [9.17, 15) is 9.59 Å². The number of benzene rings is 1. The van der Waals surface area contributed by atoms with Gasteiger partial charge in [0.15, 0.2) is 5.78 Å². The molecule has 0 radical (unpaired) electrons. The first-order valence-electron chi connectivity index (χ1n) is 9.70. The highest BCUT2D eigenvalue weighted by Crippen LogP contribution is 2.41. The van der Waals surface area contributed by atoms with E-state index in [-0.39, 0.29) is 24.6 Å². The van der Waals surface area contributed by atoms with Gasteiger partial charge in [0.2, 0.25) is 0 Å². The second-order valence-corrected chi connectivity index (χ2v) is 7.12. The van der Waals surface area contributed by atoms with Gasteiger partial charge in [0.25, 0.3) is 0 Å². The maximum atomic E-state index is 13.1. The van der Waals surface area contributed by atoms with Gasteiger partial charge in [0.05, 0.1) is 13.0 Å². The van der Waals surface area contributed by atoms with Crippen LogP contribution in [-0.2, 0) is 20.7 Å². The third-order valence-corrected chi connectivity index (χ3v) is 5.51. The summed E-state index contributed by atoms with van der Waals surface area (Å²) in [4.78, 5) is 24.7. The average molecular weight is 340 g/mol. The fourth-order valence-corrected chi connectivity index (χ4v) is 4.31. The van der Waals surface area contributed by atoms with Crippen LogP contribution in [0.4, 0.5) is 0 Å². The standard InChI is InChI=1S/C22H28O3/c1-2-25-21(24)15-14-20(23)22-18-11-7-6-10-17(18)12-13-19(22)16-8-4-3-5-9-16/h6-7,10-11,16H,2-5,8-9,12-15H2,1H3. The first-order valence-corrected chi connectivity index (χ1v) is 9.70. The second kappa shape index (κ2) is 8.46. The molecule has 0 bridgehead atoms. The fourth-order valence-electron chi connectivity index (χ4n) is 4.31. The van der Waals surface area contributed by atoms with Crippen LogP contribution in [-0.4, -0.2) is 18.4 Å². The highest BCUT2D eigenvalue weighted by molar-refractivity contribution is 6.22. The summed E-state index contributed by atoms with van der Waals surface area (Å²) in [5, 5.41) is 0. The van der Waals surface area contributed by atoms with Crippen molar-refractivity contribution in [3.05, 3.63) is 41.0 Å². The smallest absolute Gasteiger partial charge is 0.306 e. The number of aryl methyl sites for hydroxylation is 1. The third kappa shape index (κ3) is 4.20. The Balaban J connectivity index is 1.88. The largest absolute Gasteiger partial charge is 0.466 e. The molecule has 1 aromatic carbocycles. The Labute approximate surface area is 150 Å². The minimum atomic E-state index is -0.278. The summed E-state index contributed by atoms with van der Waals surface area (Å²) in [6.07, 6.45) is 8.68. The van der Waals surface area contributed by atoms with Gasteiger partial charge in [0.1, 0.15) is 0 Å². The van der Waals surface area contributed by atoms with E-state index in [0.717, 1.165) is 24.0 Å². The van der Waals surface area contributed by atoms with Crippen molar-refractivity contribution in [3.63, 3.8) is 0 Å². The molecule has 0 N–H and O–H groups in total. The third-order valence-electron chi connectivity index (χ3n) is 5.51. The monoisotopic (exact) mass is 340 g/mol. The number of allylic oxidation sites excluding steroid dienone is 2. The van der Waals surface area contributed by atoms with E-state index in [4.69, 9.17) is 4.74 Å². The summed E-state index contributed by atoms with van der Waals surface area (Å²) in [6, 6.07) is 8.27. The Morgan fingerprint density at radius 1 is 1.04 bits per heavy atom.